The highest BCUT2D eigenvalue weighted by atomic mass is 16.6. The molecule has 120 valence electrons. The Morgan fingerprint density at radius 2 is 2.22 bits per heavy atom. The number of aromatic nitrogens is 3. The fourth-order valence-electron chi connectivity index (χ4n) is 2.89. The Morgan fingerprint density at radius 1 is 1.39 bits per heavy atom. The number of likely N-dealkylation sites (tertiary alicyclic amines) is 1. The minimum atomic E-state index is -0.507. The zero-order valence-corrected chi connectivity index (χ0v) is 12.8. The lowest BCUT2D eigenvalue weighted by molar-refractivity contribution is -0.384. The monoisotopic (exact) mass is 315 g/mol. The van der Waals surface area contributed by atoms with Crippen molar-refractivity contribution in [1.82, 2.24) is 19.7 Å². The van der Waals surface area contributed by atoms with E-state index in [4.69, 9.17) is 0 Å². The lowest BCUT2D eigenvalue weighted by atomic mass is 10.0. The van der Waals surface area contributed by atoms with Gasteiger partial charge in [0.25, 0.3) is 11.6 Å². The fraction of sp³-hybridized carbons (Fsp3) is 0.400. The van der Waals surface area contributed by atoms with Crippen LogP contribution < -0.4 is 0 Å². The number of carbonyl (C=O) groups is 1. The third kappa shape index (κ3) is 2.92. The Hall–Kier alpha value is -2.77. The third-order valence-electron chi connectivity index (χ3n) is 4.15. The summed E-state index contributed by atoms with van der Waals surface area (Å²) in [5.41, 5.74) is 0.455. The van der Waals surface area contributed by atoms with E-state index in [1.807, 2.05) is 6.92 Å². The number of nitrogens with zero attached hydrogens (tertiary/aromatic N) is 5. The van der Waals surface area contributed by atoms with Gasteiger partial charge >= 0.3 is 0 Å². The van der Waals surface area contributed by atoms with E-state index in [1.54, 1.807) is 11.0 Å². The molecule has 0 N–H and O–H groups in total. The van der Waals surface area contributed by atoms with Gasteiger partial charge in [-0.3, -0.25) is 14.9 Å². The van der Waals surface area contributed by atoms with Gasteiger partial charge < -0.3 is 4.90 Å². The topological polar surface area (TPSA) is 94.2 Å². The second-order valence-corrected chi connectivity index (χ2v) is 5.64. The maximum atomic E-state index is 12.7. The first-order chi connectivity index (χ1) is 11.1. The molecule has 1 aromatic carbocycles. The predicted molar refractivity (Wildman–Crippen MR) is 82.4 cm³/mol. The fourth-order valence-corrected chi connectivity index (χ4v) is 2.89. The number of nitro groups is 1. The van der Waals surface area contributed by atoms with E-state index in [-0.39, 0.29) is 23.3 Å². The van der Waals surface area contributed by atoms with Crippen molar-refractivity contribution >= 4 is 11.6 Å². The number of amides is 1. The van der Waals surface area contributed by atoms with Crippen LogP contribution in [0.1, 0.15) is 36.5 Å². The average molecular weight is 315 g/mol. The number of hydrogen-bond acceptors (Lipinski definition) is 5. The largest absolute Gasteiger partial charge is 0.336 e. The van der Waals surface area contributed by atoms with Gasteiger partial charge in [-0.05, 0) is 38.3 Å². The van der Waals surface area contributed by atoms with Crippen LogP contribution in [0.2, 0.25) is 0 Å². The Morgan fingerprint density at radius 3 is 2.87 bits per heavy atom. The summed E-state index contributed by atoms with van der Waals surface area (Å²) in [4.78, 5) is 29.1. The third-order valence-corrected chi connectivity index (χ3v) is 4.15. The number of benzene rings is 1. The van der Waals surface area contributed by atoms with Crippen molar-refractivity contribution in [3.05, 3.63) is 46.5 Å². The lowest BCUT2D eigenvalue weighted by Gasteiger charge is -2.33. The van der Waals surface area contributed by atoms with E-state index in [2.05, 4.69) is 10.1 Å². The molecule has 8 nitrogen and oxygen atoms in total. The highest BCUT2D eigenvalue weighted by molar-refractivity contribution is 5.95. The predicted octanol–water partition coefficient (Wildman–Crippen LogP) is 2.19. The molecule has 1 amide bonds. The van der Waals surface area contributed by atoms with Gasteiger partial charge in [-0.1, -0.05) is 0 Å². The van der Waals surface area contributed by atoms with Crippen LogP contribution in [0, 0.1) is 10.1 Å². The van der Waals surface area contributed by atoms with Gasteiger partial charge in [0.2, 0.25) is 0 Å². The molecule has 3 rings (SSSR count). The zero-order valence-electron chi connectivity index (χ0n) is 12.8. The summed E-state index contributed by atoms with van der Waals surface area (Å²) in [7, 11) is 0. The van der Waals surface area contributed by atoms with Gasteiger partial charge in [0, 0.05) is 24.2 Å². The molecule has 1 saturated heterocycles. The Kier molecular flexibility index (Phi) is 4.05. The highest BCUT2D eigenvalue weighted by Crippen LogP contribution is 2.26. The lowest BCUT2D eigenvalue weighted by Crippen LogP contribution is -2.42. The molecule has 0 radical (unpaired) electrons. The minimum absolute atomic E-state index is 0.158. The van der Waals surface area contributed by atoms with Crippen molar-refractivity contribution < 1.29 is 9.72 Å². The summed E-state index contributed by atoms with van der Waals surface area (Å²) >= 11 is 0. The average Bonchev–Trinajstić information content (AvgIpc) is 3.08. The van der Waals surface area contributed by atoms with E-state index in [0.29, 0.717) is 12.1 Å². The molecule has 0 spiro atoms. The maximum Gasteiger partial charge on any atom is 0.295 e. The quantitative estimate of drug-likeness (QED) is 0.639. The maximum absolute atomic E-state index is 12.7. The molecule has 1 unspecified atom stereocenters. The van der Waals surface area contributed by atoms with Crippen molar-refractivity contribution in [3.63, 3.8) is 0 Å². The summed E-state index contributed by atoms with van der Waals surface area (Å²) < 4.78 is 1.32. The molecule has 1 aliphatic rings. The number of hydrogen-bond donors (Lipinski definition) is 0. The molecule has 1 fully saturated rings. The SMILES string of the molecule is CC1CCCCN1C(=O)c1ccc(-n2cncn2)c([N+](=O)[O-])c1. The van der Waals surface area contributed by atoms with Crippen molar-refractivity contribution in [2.24, 2.45) is 0 Å². The minimum Gasteiger partial charge on any atom is -0.336 e. The molecule has 2 aromatic rings. The molecular formula is C15H17N5O3. The van der Waals surface area contributed by atoms with Crippen molar-refractivity contribution in [2.45, 2.75) is 32.2 Å². The van der Waals surface area contributed by atoms with Gasteiger partial charge in [0.05, 0.1) is 4.92 Å². The number of nitro benzene ring substituents is 1. The van der Waals surface area contributed by atoms with Crippen molar-refractivity contribution in [3.8, 4) is 5.69 Å². The molecule has 1 aromatic heterocycles. The summed E-state index contributed by atoms with van der Waals surface area (Å²) in [6.07, 6.45) is 5.73. The van der Waals surface area contributed by atoms with Crippen LogP contribution in [-0.4, -0.2) is 43.1 Å². The van der Waals surface area contributed by atoms with Crippen molar-refractivity contribution in [1.29, 1.82) is 0 Å². The van der Waals surface area contributed by atoms with E-state index in [1.165, 1.54) is 29.5 Å². The molecule has 0 bridgehead atoms. The summed E-state index contributed by atoms with van der Waals surface area (Å²) in [5, 5.41) is 15.3. The molecule has 23 heavy (non-hydrogen) atoms. The van der Waals surface area contributed by atoms with Gasteiger partial charge in [0.15, 0.2) is 0 Å². The van der Waals surface area contributed by atoms with Crippen LogP contribution in [0.4, 0.5) is 5.69 Å². The smallest absolute Gasteiger partial charge is 0.295 e. The van der Waals surface area contributed by atoms with Crippen LogP contribution in [-0.2, 0) is 0 Å². The highest BCUT2D eigenvalue weighted by Gasteiger charge is 2.26. The molecule has 2 heterocycles. The van der Waals surface area contributed by atoms with Gasteiger partial charge in [-0.15, -0.1) is 0 Å². The van der Waals surface area contributed by atoms with Gasteiger partial charge in [-0.2, -0.15) is 5.10 Å². The summed E-state index contributed by atoms with van der Waals surface area (Å²) in [6, 6.07) is 4.62. The molecule has 0 aliphatic carbocycles. The Labute approximate surface area is 132 Å². The first-order valence-electron chi connectivity index (χ1n) is 7.52. The van der Waals surface area contributed by atoms with Crippen molar-refractivity contribution in [2.75, 3.05) is 6.54 Å². The van der Waals surface area contributed by atoms with Gasteiger partial charge in [0.1, 0.15) is 18.3 Å². The van der Waals surface area contributed by atoms with Crippen LogP contribution in [0.5, 0.6) is 0 Å². The summed E-state index contributed by atoms with van der Waals surface area (Å²) in [6.45, 7) is 2.70. The van der Waals surface area contributed by atoms with Crippen LogP contribution in [0.15, 0.2) is 30.9 Å². The number of rotatable bonds is 3. The first-order valence-corrected chi connectivity index (χ1v) is 7.52. The van der Waals surface area contributed by atoms with Crippen LogP contribution in [0.3, 0.4) is 0 Å². The number of piperidine rings is 1. The first kappa shape index (κ1) is 15.1. The zero-order chi connectivity index (χ0) is 16.4. The van der Waals surface area contributed by atoms with E-state index >= 15 is 0 Å². The Bertz CT molecular complexity index is 729. The molecule has 0 saturated carbocycles. The summed E-state index contributed by atoms with van der Waals surface area (Å²) in [5.74, 6) is -0.162. The standard InChI is InChI=1S/C15H17N5O3/c1-11-4-2-3-7-18(11)15(21)12-5-6-13(14(8-12)20(22)23)19-10-16-9-17-19/h5-6,8-11H,2-4,7H2,1H3. The molecular weight excluding hydrogens is 298 g/mol. The molecule has 8 heteroatoms. The molecule has 1 atom stereocenters. The van der Waals surface area contributed by atoms with E-state index < -0.39 is 4.92 Å². The van der Waals surface area contributed by atoms with Crippen LogP contribution >= 0.6 is 0 Å². The number of carbonyl (C=O) groups excluding carboxylic acids is 1. The van der Waals surface area contributed by atoms with Crippen LogP contribution in [0.25, 0.3) is 5.69 Å². The van der Waals surface area contributed by atoms with Gasteiger partial charge in [-0.25, -0.2) is 9.67 Å². The normalized spacial score (nSPS) is 18.0. The second-order valence-electron chi connectivity index (χ2n) is 5.64. The molecule has 1 aliphatic heterocycles. The van der Waals surface area contributed by atoms with E-state index in [9.17, 15) is 14.9 Å². The van der Waals surface area contributed by atoms with E-state index in [0.717, 1.165) is 19.3 Å². The Balaban J connectivity index is 1.96. The second kappa shape index (κ2) is 6.15.